The number of carboxylic acid groups (broad SMARTS) is 1. The van der Waals surface area contributed by atoms with Crippen LogP contribution in [0.3, 0.4) is 0 Å². The second-order valence-corrected chi connectivity index (χ2v) is 5.85. The summed E-state index contributed by atoms with van der Waals surface area (Å²) < 4.78 is 0. The van der Waals surface area contributed by atoms with Gasteiger partial charge in [0.05, 0.1) is 5.41 Å². The molecule has 0 aromatic heterocycles. The lowest BCUT2D eigenvalue weighted by atomic mass is 9.89. The van der Waals surface area contributed by atoms with Gasteiger partial charge in [-0.15, -0.1) is 0 Å². The van der Waals surface area contributed by atoms with E-state index in [0.29, 0.717) is 6.54 Å². The van der Waals surface area contributed by atoms with E-state index in [-0.39, 0.29) is 17.9 Å². The van der Waals surface area contributed by atoms with E-state index in [1.165, 1.54) is 0 Å². The molecule has 0 aromatic carbocycles. The van der Waals surface area contributed by atoms with Gasteiger partial charge in [0, 0.05) is 18.5 Å². The van der Waals surface area contributed by atoms with Crippen molar-refractivity contribution < 1.29 is 14.7 Å². The van der Waals surface area contributed by atoms with Crippen LogP contribution in [-0.4, -0.2) is 48.1 Å². The van der Waals surface area contributed by atoms with Crippen LogP contribution >= 0.6 is 0 Å². The highest BCUT2D eigenvalue weighted by Crippen LogP contribution is 2.20. The highest BCUT2D eigenvalue weighted by Gasteiger charge is 2.30. The van der Waals surface area contributed by atoms with Crippen molar-refractivity contribution in [1.82, 2.24) is 10.2 Å². The van der Waals surface area contributed by atoms with Gasteiger partial charge in [-0.25, -0.2) is 0 Å². The predicted molar refractivity (Wildman–Crippen MR) is 66.8 cm³/mol. The molecule has 5 heteroatoms. The Bertz CT molecular complexity index is 296. The predicted octanol–water partition coefficient (Wildman–Crippen LogP) is 0.944. The number of likely N-dealkylation sites (N-methyl/N-ethyl adjacent to an activating group) is 1. The Kier molecular flexibility index (Phi) is 5.13. The third-order valence-electron chi connectivity index (χ3n) is 3.11. The fourth-order valence-electron chi connectivity index (χ4n) is 1.01. The van der Waals surface area contributed by atoms with Crippen LogP contribution in [0.15, 0.2) is 0 Å². The van der Waals surface area contributed by atoms with E-state index in [4.69, 9.17) is 5.11 Å². The zero-order valence-electron chi connectivity index (χ0n) is 11.6. The van der Waals surface area contributed by atoms with Crippen LogP contribution < -0.4 is 5.32 Å². The van der Waals surface area contributed by atoms with E-state index in [0.717, 1.165) is 0 Å². The molecule has 0 fully saturated rings. The minimum absolute atomic E-state index is 0.00809. The lowest BCUT2D eigenvalue weighted by Gasteiger charge is -2.33. The van der Waals surface area contributed by atoms with Gasteiger partial charge in [0.25, 0.3) is 0 Å². The lowest BCUT2D eigenvalue weighted by Crippen LogP contribution is -2.48. The highest BCUT2D eigenvalue weighted by molar-refractivity contribution is 5.84. The molecule has 5 nitrogen and oxygen atoms in total. The Hall–Kier alpha value is -1.10. The topological polar surface area (TPSA) is 69.6 Å². The maximum absolute atomic E-state index is 11.6. The number of hydrogen-bond acceptors (Lipinski definition) is 3. The van der Waals surface area contributed by atoms with Crippen LogP contribution in [0, 0.1) is 5.41 Å². The van der Waals surface area contributed by atoms with Gasteiger partial charge in [-0.05, 0) is 41.8 Å². The number of amides is 1. The van der Waals surface area contributed by atoms with E-state index >= 15 is 0 Å². The Morgan fingerprint density at radius 3 is 2.00 bits per heavy atom. The molecule has 0 aliphatic heterocycles. The molecule has 0 aliphatic rings. The molecule has 0 aliphatic carbocycles. The van der Waals surface area contributed by atoms with Crippen LogP contribution in [-0.2, 0) is 9.59 Å². The molecular weight excluding hydrogens is 220 g/mol. The molecule has 0 unspecified atom stereocenters. The summed E-state index contributed by atoms with van der Waals surface area (Å²) in [6, 6.07) is 0. The second kappa shape index (κ2) is 5.49. The summed E-state index contributed by atoms with van der Waals surface area (Å²) in [5, 5.41) is 11.7. The molecule has 17 heavy (non-hydrogen) atoms. The third-order valence-corrected chi connectivity index (χ3v) is 3.11. The summed E-state index contributed by atoms with van der Waals surface area (Å²) in [6.45, 7) is 7.61. The molecule has 0 saturated carbocycles. The van der Waals surface area contributed by atoms with Crippen molar-refractivity contribution in [3.05, 3.63) is 0 Å². The molecule has 0 heterocycles. The van der Waals surface area contributed by atoms with Gasteiger partial charge in [0.2, 0.25) is 5.91 Å². The molecule has 2 N–H and O–H groups in total. The molecule has 0 spiro atoms. The molecule has 1 amide bonds. The summed E-state index contributed by atoms with van der Waals surface area (Å²) in [7, 11) is 3.88. The first-order valence-corrected chi connectivity index (χ1v) is 5.66. The average Bonchev–Trinajstić information content (AvgIpc) is 2.13. The largest absolute Gasteiger partial charge is 0.481 e. The van der Waals surface area contributed by atoms with Crippen LogP contribution in [0.5, 0.6) is 0 Å². The number of rotatable bonds is 6. The van der Waals surface area contributed by atoms with Crippen LogP contribution in [0.2, 0.25) is 0 Å². The number of carbonyl (C=O) groups is 2. The molecular formula is C12H24N2O3. The van der Waals surface area contributed by atoms with Crippen molar-refractivity contribution in [3.8, 4) is 0 Å². The van der Waals surface area contributed by atoms with E-state index in [1.54, 1.807) is 13.8 Å². The van der Waals surface area contributed by atoms with Crippen LogP contribution in [0.25, 0.3) is 0 Å². The summed E-state index contributed by atoms with van der Waals surface area (Å²) in [4.78, 5) is 24.5. The van der Waals surface area contributed by atoms with Gasteiger partial charge >= 0.3 is 5.97 Å². The van der Waals surface area contributed by atoms with E-state index in [2.05, 4.69) is 5.32 Å². The summed E-state index contributed by atoms with van der Waals surface area (Å²) in [5.41, 5.74) is -1.17. The Morgan fingerprint density at radius 2 is 1.65 bits per heavy atom. The molecule has 0 aromatic rings. The third kappa shape index (κ3) is 5.17. The molecule has 0 bridgehead atoms. The maximum Gasteiger partial charge on any atom is 0.309 e. The monoisotopic (exact) mass is 244 g/mol. The number of carbonyl (C=O) groups excluding carboxylic acids is 1. The lowest BCUT2D eigenvalue weighted by molar-refractivity contribution is -0.149. The molecule has 100 valence electrons. The van der Waals surface area contributed by atoms with Crippen molar-refractivity contribution in [3.63, 3.8) is 0 Å². The zero-order chi connectivity index (χ0) is 13.9. The van der Waals surface area contributed by atoms with Crippen LogP contribution in [0.4, 0.5) is 0 Å². The van der Waals surface area contributed by atoms with Gasteiger partial charge in [0.15, 0.2) is 0 Å². The fourth-order valence-corrected chi connectivity index (χ4v) is 1.01. The normalized spacial score (nSPS) is 12.6. The summed E-state index contributed by atoms with van der Waals surface area (Å²) in [6.07, 6.45) is -0.00809. The second-order valence-electron chi connectivity index (χ2n) is 5.85. The quantitative estimate of drug-likeness (QED) is 0.729. The van der Waals surface area contributed by atoms with Crippen molar-refractivity contribution in [2.75, 3.05) is 20.6 Å². The minimum atomic E-state index is -1.02. The van der Waals surface area contributed by atoms with Crippen molar-refractivity contribution >= 4 is 11.9 Å². The zero-order valence-corrected chi connectivity index (χ0v) is 11.6. The summed E-state index contributed by atoms with van der Waals surface area (Å²) in [5.74, 6) is -1.19. The van der Waals surface area contributed by atoms with Crippen LogP contribution in [0.1, 0.15) is 34.1 Å². The Morgan fingerprint density at radius 1 is 1.18 bits per heavy atom. The number of nitrogens with one attached hydrogen (secondary N) is 1. The average molecular weight is 244 g/mol. The standard InChI is InChI=1S/C12H24N2O3/c1-11(2,10(16)17)7-9(15)13-8-12(3,4)14(5)6/h7-8H2,1-6H3,(H,13,15)(H,16,17). The van der Waals surface area contributed by atoms with Crippen molar-refractivity contribution in [2.24, 2.45) is 5.41 Å². The smallest absolute Gasteiger partial charge is 0.309 e. The number of hydrogen-bond donors (Lipinski definition) is 2. The van der Waals surface area contributed by atoms with Gasteiger partial charge in [-0.2, -0.15) is 0 Å². The van der Waals surface area contributed by atoms with Gasteiger partial charge in [-0.1, -0.05) is 0 Å². The highest BCUT2D eigenvalue weighted by atomic mass is 16.4. The summed E-state index contributed by atoms with van der Waals surface area (Å²) >= 11 is 0. The molecule has 0 rings (SSSR count). The fraction of sp³-hybridized carbons (Fsp3) is 0.833. The molecule has 0 saturated heterocycles. The number of aliphatic carboxylic acids is 1. The Balaban J connectivity index is 4.27. The van der Waals surface area contributed by atoms with Gasteiger partial charge in [0.1, 0.15) is 0 Å². The van der Waals surface area contributed by atoms with Crippen molar-refractivity contribution in [2.45, 2.75) is 39.7 Å². The van der Waals surface area contributed by atoms with Gasteiger partial charge < -0.3 is 15.3 Å². The number of nitrogens with zero attached hydrogens (tertiary/aromatic N) is 1. The molecule has 0 radical (unpaired) electrons. The minimum Gasteiger partial charge on any atom is -0.481 e. The maximum atomic E-state index is 11.6. The first-order chi connectivity index (χ1) is 7.49. The molecule has 0 atom stereocenters. The SMILES string of the molecule is CN(C)C(C)(C)CNC(=O)CC(C)(C)C(=O)O. The first-order valence-electron chi connectivity index (χ1n) is 5.66. The first kappa shape index (κ1) is 15.9. The van der Waals surface area contributed by atoms with E-state index in [1.807, 2.05) is 32.8 Å². The van der Waals surface area contributed by atoms with E-state index in [9.17, 15) is 9.59 Å². The number of carboxylic acids is 1. The van der Waals surface area contributed by atoms with E-state index < -0.39 is 11.4 Å². The Labute approximate surface area is 103 Å². The van der Waals surface area contributed by atoms with Gasteiger partial charge in [-0.3, -0.25) is 9.59 Å². The van der Waals surface area contributed by atoms with Crippen molar-refractivity contribution in [1.29, 1.82) is 0 Å².